The topological polar surface area (TPSA) is 97.1 Å². The fraction of sp³-hybridized carbons (Fsp3) is 0.222. The molecular weight excluding hydrogens is 228 g/mol. The van der Waals surface area contributed by atoms with Crippen LogP contribution in [0.1, 0.15) is 6.92 Å². The predicted molar refractivity (Wildman–Crippen MR) is 61.3 cm³/mol. The van der Waals surface area contributed by atoms with Crippen LogP contribution in [0.4, 0.5) is 5.69 Å². The first-order valence-electron chi connectivity index (χ1n) is 4.47. The first-order chi connectivity index (χ1) is 7.59. The molecular formula is C9H12N4O2S. The minimum Gasteiger partial charge on any atom is -0.397 e. The molecule has 86 valence electrons. The molecule has 0 atom stereocenters. The Morgan fingerprint density at radius 1 is 1.50 bits per heavy atom. The van der Waals surface area contributed by atoms with Crippen molar-refractivity contribution in [2.45, 2.75) is 11.8 Å². The summed E-state index contributed by atoms with van der Waals surface area (Å²) in [6.07, 6.45) is 3.12. The van der Waals surface area contributed by atoms with E-state index in [4.69, 9.17) is 5.73 Å². The van der Waals surface area contributed by atoms with E-state index in [1.807, 2.05) is 0 Å². The summed E-state index contributed by atoms with van der Waals surface area (Å²) in [6.45, 7) is 1.31. The molecule has 0 aliphatic carbocycles. The van der Waals surface area contributed by atoms with Crippen LogP contribution in [0.25, 0.3) is 0 Å². The van der Waals surface area contributed by atoms with Gasteiger partial charge in [0.15, 0.2) is 0 Å². The molecule has 0 radical (unpaired) electrons. The lowest BCUT2D eigenvalue weighted by Crippen LogP contribution is -2.41. The molecule has 0 aliphatic rings. The number of hydrogen-bond acceptors (Lipinski definition) is 5. The predicted octanol–water partition coefficient (Wildman–Crippen LogP) is -0.0768. The molecule has 7 heteroatoms. The van der Waals surface area contributed by atoms with E-state index >= 15 is 0 Å². The van der Waals surface area contributed by atoms with Gasteiger partial charge in [-0.15, -0.1) is 11.8 Å². The molecule has 1 rings (SSSR count). The van der Waals surface area contributed by atoms with Gasteiger partial charge in [-0.05, 0) is 6.07 Å². The molecule has 0 aliphatic heterocycles. The summed E-state index contributed by atoms with van der Waals surface area (Å²) in [4.78, 5) is 26.4. The Labute approximate surface area is 97.0 Å². The zero-order valence-electron chi connectivity index (χ0n) is 8.69. The molecule has 0 fully saturated rings. The number of pyridine rings is 1. The van der Waals surface area contributed by atoms with Gasteiger partial charge < -0.3 is 5.73 Å². The number of carbonyl (C=O) groups is 2. The Hall–Kier alpha value is -1.76. The molecule has 0 unspecified atom stereocenters. The minimum atomic E-state index is -0.318. The van der Waals surface area contributed by atoms with Crippen molar-refractivity contribution >= 4 is 29.3 Å². The van der Waals surface area contributed by atoms with E-state index in [1.165, 1.54) is 24.9 Å². The summed E-state index contributed by atoms with van der Waals surface area (Å²) < 4.78 is 0. The molecule has 0 aromatic carbocycles. The van der Waals surface area contributed by atoms with Crippen molar-refractivity contribution in [3.63, 3.8) is 0 Å². The van der Waals surface area contributed by atoms with Crippen molar-refractivity contribution in [3.8, 4) is 0 Å². The Morgan fingerprint density at radius 2 is 2.25 bits per heavy atom. The van der Waals surface area contributed by atoms with Crippen molar-refractivity contribution in [1.29, 1.82) is 0 Å². The third kappa shape index (κ3) is 4.18. The first kappa shape index (κ1) is 12.3. The lowest BCUT2D eigenvalue weighted by Gasteiger charge is -2.05. The van der Waals surface area contributed by atoms with Crippen molar-refractivity contribution in [2.75, 3.05) is 11.5 Å². The van der Waals surface area contributed by atoms with Crippen molar-refractivity contribution in [3.05, 3.63) is 18.5 Å². The number of hydrogen-bond donors (Lipinski definition) is 3. The maximum atomic E-state index is 11.2. The number of aromatic nitrogens is 1. The Balaban J connectivity index is 2.37. The molecule has 1 heterocycles. The Bertz CT molecular complexity index is 397. The highest BCUT2D eigenvalue weighted by molar-refractivity contribution is 8.00. The average Bonchev–Trinajstić information content (AvgIpc) is 2.25. The number of amides is 2. The van der Waals surface area contributed by atoms with Gasteiger partial charge in [0.25, 0.3) is 0 Å². The lowest BCUT2D eigenvalue weighted by molar-refractivity contribution is -0.126. The first-order valence-corrected chi connectivity index (χ1v) is 5.46. The summed E-state index contributed by atoms with van der Waals surface area (Å²) in [6, 6.07) is 1.73. The Kier molecular flexibility index (Phi) is 4.59. The highest BCUT2D eigenvalue weighted by atomic mass is 32.2. The van der Waals surface area contributed by atoms with E-state index in [1.54, 1.807) is 12.3 Å². The molecule has 4 N–H and O–H groups in total. The third-order valence-electron chi connectivity index (χ3n) is 1.55. The number of carbonyl (C=O) groups excluding carboxylic acids is 2. The zero-order chi connectivity index (χ0) is 12.0. The van der Waals surface area contributed by atoms with Crippen molar-refractivity contribution in [1.82, 2.24) is 15.8 Å². The summed E-state index contributed by atoms with van der Waals surface area (Å²) >= 11 is 1.28. The van der Waals surface area contributed by atoms with Gasteiger partial charge in [-0.3, -0.25) is 25.4 Å². The maximum Gasteiger partial charge on any atom is 0.248 e. The minimum absolute atomic E-state index is 0.175. The number of anilines is 1. The number of hydrazine groups is 1. The SMILES string of the molecule is CC(=O)NNC(=O)CSc1ccncc1N. The summed E-state index contributed by atoms with van der Waals surface area (Å²) in [7, 11) is 0. The fourth-order valence-electron chi connectivity index (χ4n) is 0.862. The third-order valence-corrected chi connectivity index (χ3v) is 2.64. The number of thioether (sulfide) groups is 1. The van der Waals surface area contributed by atoms with Crippen LogP contribution in [0.3, 0.4) is 0 Å². The van der Waals surface area contributed by atoms with E-state index in [2.05, 4.69) is 15.8 Å². The van der Waals surface area contributed by atoms with E-state index in [0.29, 0.717) is 5.69 Å². The van der Waals surface area contributed by atoms with Crippen LogP contribution in [0.2, 0.25) is 0 Å². The molecule has 0 bridgehead atoms. The van der Waals surface area contributed by atoms with Crippen LogP contribution in [-0.4, -0.2) is 22.6 Å². The van der Waals surface area contributed by atoms with Crippen LogP contribution in [0.5, 0.6) is 0 Å². The molecule has 16 heavy (non-hydrogen) atoms. The highest BCUT2D eigenvalue weighted by Gasteiger charge is 2.04. The second kappa shape index (κ2) is 5.96. The van der Waals surface area contributed by atoms with E-state index in [9.17, 15) is 9.59 Å². The van der Waals surface area contributed by atoms with Crippen molar-refractivity contribution < 1.29 is 9.59 Å². The number of nitrogens with zero attached hydrogens (tertiary/aromatic N) is 1. The highest BCUT2D eigenvalue weighted by Crippen LogP contribution is 2.22. The standard InChI is InChI=1S/C9H12N4O2S/c1-6(14)12-13-9(15)5-16-8-2-3-11-4-7(8)10/h2-4H,5,10H2,1H3,(H,12,14)(H,13,15). The normalized spacial score (nSPS) is 9.56. The average molecular weight is 240 g/mol. The van der Waals surface area contributed by atoms with Crippen LogP contribution >= 0.6 is 11.8 Å². The van der Waals surface area contributed by atoms with Gasteiger partial charge in [0.2, 0.25) is 11.8 Å². The second-order valence-corrected chi connectivity index (χ2v) is 3.95. The van der Waals surface area contributed by atoms with Crippen LogP contribution in [-0.2, 0) is 9.59 Å². The van der Waals surface area contributed by atoms with Crippen LogP contribution < -0.4 is 16.6 Å². The van der Waals surface area contributed by atoms with E-state index in [-0.39, 0.29) is 17.6 Å². The Morgan fingerprint density at radius 3 is 2.88 bits per heavy atom. The van der Waals surface area contributed by atoms with Crippen LogP contribution in [0.15, 0.2) is 23.4 Å². The lowest BCUT2D eigenvalue weighted by atomic mass is 10.4. The maximum absolute atomic E-state index is 11.2. The molecule has 6 nitrogen and oxygen atoms in total. The van der Waals surface area contributed by atoms with Crippen molar-refractivity contribution in [2.24, 2.45) is 0 Å². The van der Waals surface area contributed by atoms with Gasteiger partial charge in [0, 0.05) is 18.0 Å². The summed E-state index contributed by atoms with van der Waals surface area (Å²) in [5, 5.41) is 0. The number of nitrogens with one attached hydrogen (secondary N) is 2. The molecule has 1 aromatic heterocycles. The zero-order valence-corrected chi connectivity index (χ0v) is 9.50. The smallest absolute Gasteiger partial charge is 0.248 e. The summed E-state index contributed by atoms with van der Waals surface area (Å²) in [5.41, 5.74) is 10.6. The van der Waals surface area contributed by atoms with Gasteiger partial charge in [0.1, 0.15) is 0 Å². The van der Waals surface area contributed by atoms with Gasteiger partial charge in [-0.25, -0.2) is 0 Å². The van der Waals surface area contributed by atoms with Gasteiger partial charge in [-0.2, -0.15) is 0 Å². The van der Waals surface area contributed by atoms with Gasteiger partial charge in [0.05, 0.1) is 17.6 Å². The number of nitrogens with two attached hydrogens (primary N) is 1. The molecule has 1 aromatic rings. The molecule has 0 saturated heterocycles. The van der Waals surface area contributed by atoms with Gasteiger partial charge in [-0.1, -0.05) is 0 Å². The van der Waals surface area contributed by atoms with E-state index in [0.717, 1.165) is 4.90 Å². The largest absolute Gasteiger partial charge is 0.397 e. The quantitative estimate of drug-likeness (QED) is 0.507. The number of rotatable bonds is 3. The summed E-state index contributed by atoms with van der Waals surface area (Å²) in [5.74, 6) is -0.438. The number of nitrogen functional groups attached to an aromatic ring is 1. The second-order valence-electron chi connectivity index (χ2n) is 2.93. The van der Waals surface area contributed by atoms with Gasteiger partial charge >= 0.3 is 0 Å². The molecule has 0 saturated carbocycles. The van der Waals surface area contributed by atoms with Crippen LogP contribution in [0, 0.1) is 0 Å². The van der Waals surface area contributed by atoms with E-state index < -0.39 is 0 Å². The monoisotopic (exact) mass is 240 g/mol. The molecule has 0 spiro atoms. The fourth-order valence-corrected chi connectivity index (χ4v) is 1.60. The molecule has 2 amide bonds.